The van der Waals surface area contributed by atoms with E-state index in [2.05, 4.69) is 20.9 Å². The molecule has 0 radical (unpaired) electrons. The molecule has 0 fully saturated rings. The van der Waals surface area contributed by atoms with E-state index in [0.717, 1.165) is 5.69 Å². The van der Waals surface area contributed by atoms with Crippen LogP contribution in [0, 0.1) is 10.1 Å². The van der Waals surface area contributed by atoms with Crippen LogP contribution in [-0.2, 0) is 0 Å². The Labute approximate surface area is 155 Å². The summed E-state index contributed by atoms with van der Waals surface area (Å²) in [6, 6.07) is 13.4. The van der Waals surface area contributed by atoms with Crippen LogP contribution in [0.15, 0.2) is 54.7 Å². The van der Waals surface area contributed by atoms with E-state index in [1.54, 1.807) is 10.9 Å². The second kappa shape index (κ2) is 7.65. The fourth-order valence-corrected chi connectivity index (χ4v) is 2.58. The van der Waals surface area contributed by atoms with Crippen molar-refractivity contribution in [1.29, 1.82) is 0 Å². The largest absolute Gasteiger partial charge is 0.376 e. The van der Waals surface area contributed by atoms with E-state index in [-0.39, 0.29) is 17.3 Å². The maximum atomic E-state index is 12.1. The molecule has 3 rings (SSSR count). The van der Waals surface area contributed by atoms with Gasteiger partial charge in [-0.1, -0.05) is 23.4 Å². The number of rotatable bonds is 6. The van der Waals surface area contributed by atoms with Crippen molar-refractivity contribution in [2.24, 2.45) is 0 Å². The Balaban J connectivity index is 1.85. The number of nitro benzene ring substituents is 1. The Morgan fingerprint density at radius 2 is 1.96 bits per heavy atom. The first-order chi connectivity index (χ1) is 13.0. The minimum Gasteiger partial charge on any atom is -0.376 e. The molecule has 1 amide bonds. The third-order valence-electron chi connectivity index (χ3n) is 4.03. The fraction of sp³-hybridized carbons (Fsp3) is 0.167. The molecule has 2 aromatic carbocycles. The first-order valence-corrected chi connectivity index (χ1v) is 8.24. The zero-order valence-electron chi connectivity index (χ0n) is 14.8. The lowest BCUT2D eigenvalue weighted by Crippen LogP contribution is -2.20. The highest BCUT2D eigenvalue weighted by molar-refractivity contribution is 6.00. The van der Waals surface area contributed by atoms with Gasteiger partial charge in [-0.15, -0.1) is 5.10 Å². The lowest BCUT2D eigenvalue weighted by Gasteiger charge is -2.15. The zero-order chi connectivity index (χ0) is 19.4. The Morgan fingerprint density at radius 3 is 2.63 bits per heavy atom. The van der Waals surface area contributed by atoms with Crippen molar-refractivity contribution in [3.63, 3.8) is 0 Å². The topological polar surface area (TPSA) is 115 Å². The minimum atomic E-state index is -0.537. The van der Waals surface area contributed by atoms with E-state index in [0.29, 0.717) is 11.4 Å². The van der Waals surface area contributed by atoms with Gasteiger partial charge in [0, 0.05) is 24.9 Å². The Kier molecular flexibility index (Phi) is 5.11. The summed E-state index contributed by atoms with van der Waals surface area (Å²) in [6.07, 6.45) is 1.79. The van der Waals surface area contributed by atoms with Gasteiger partial charge in [-0.05, 0) is 25.1 Å². The quantitative estimate of drug-likeness (QED) is 0.512. The van der Waals surface area contributed by atoms with E-state index < -0.39 is 10.8 Å². The number of aromatic nitrogens is 3. The van der Waals surface area contributed by atoms with Crippen molar-refractivity contribution in [1.82, 2.24) is 20.3 Å². The van der Waals surface area contributed by atoms with Crippen molar-refractivity contribution in [2.45, 2.75) is 13.0 Å². The standard InChI is InChI=1S/C18H18N6O3/c1-12(17-11-23(22-21-17)13-6-4-3-5-7-13)20-16-9-8-14(24(26)27)10-15(16)18(25)19-2/h3-12,20H,1-2H3,(H,19,25). The number of benzene rings is 2. The van der Waals surface area contributed by atoms with Crippen LogP contribution in [0.4, 0.5) is 11.4 Å². The molecule has 0 saturated heterocycles. The molecule has 3 aromatic rings. The third kappa shape index (κ3) is 3.92. The summed E-state index contributed by atoms with van der Waals surface area (Å²) in [5.74, 6) is -0.415. The summed E-state index contributed by atoms with van der Waals surface area (Å²) < 4.78 is 1.66. The predicted molar refractivity (Wildman–Crippen MR) is 99.9 cm³/mol. The molecular weight excluding hydrogens is 348 g/mol. The van der Waals surface area contributed by atoms with Crippen LogP contribution in [0.25, 0.3) is 5.69 Å². The molecule has 1 aromatic heterocycles. The average Bonchev–Trinajstić information content (AvgIpc) is 3.18. The lowest BCUT2D eigenvalue weighted by molar-refractivity contribution is -0.384. The summed E-state index contributed by atoms with van der Waals surface area (Å²) in [4.78, 5) is 22.6. The SMILES string of the molecule is CNC(=O)c1cc([N+](=O)[O-])ccc1NC(C)c1cn(-c2ccccc2)nn1. The van der Waals surface area contributed by atoms with E-state index in [1.165, 1.54) is 25.2 Å². The van der Waals surface area contributed by atoms with Gasteiger partial charge in [-0.3, -0.25) is 14.9 Å². The molecule has 2 N–H and O–H groups in total. The molecule has 9 heteroatoms. The number of non-ortho nitro benzene ring substituents is 1. The van der Waals surface area contributed by atoms with Gasteiger partial charge in [-0.2, -0.15) is 0 Å². The minimum absolute atomic E-state index is 0.151. The number of hydrogen-bond acceptors (Lipinski definition) is 6. The van der Waals surface area contributed by atoms with Crippen molar-refractivity contribution < 1.29 is 9.72 Å². The molecule has 1 atom stereocenters. The number of para-hydroxylation sites is 1. The number of carbonyl (C=O) groups excluding carboxylic acids is 1. The number of nitrogens with zero attached hydrogens (tertiary/aromatic N) is 4. The van der Waals surface area contributed by atoms with Crippen molar-refractivity contribution in [2.75, 3.05) is 12.4 Å². The number of hydrogen-bond donors (Lipinski definition) is 2. The van der Waals surface area contributed by atoms with E-state index in [9.17, 15) is 14.9 Å². The molecule has 9 nitrogen and oxygen atoms in total. The number of nitro groups is 1. The van der Waals surface area contributed by atoms with E-state index in [4.69, 9.17) is 0 Å². The molecule has 0 saturated carbocycles. The zero-order valence-corrected chi connectivity index (χ0v) is 14.8. The van der Waals surface area contributed by atoms with Crippen molar-refractivity contribution >= 4 is 17.3 Å². The van der Waals surface area contributed by atoms with Crippen LogP contribution >= 0.6 is 0 Å². The summed E-state index contributed by atoms with van der Waals surface area (Å²) in [6.45, 7) is 1.87. The van der Waals surface area contributed by atoms with E-state index >= 15 is 0 Å². The van der Waals surface area contributed by atoms with Gasteiger partial charge in [0.15, 0.2) is 0 Å². The van der Waals surface area contributed by atoms with Crippen LogP contribution in [0.1, 0.15) is 29.0 Å². The number of nitrogens with one attached hydrogen (secondary N) is 2. The van der Waals surface area contributed by atoms with Gasteiger partial charge in [0.1, 0.15) is 5.69 Å². The van der Waals surface area contributed by atoms with Gasteiger partial charge in [0.2, 0.25) is 0 Å². The molecule has 0 aliphatic carbocycles. The van der Waals surface area contributed by atoms with Gasteiger partial charge < -0.3 is 10.6 Å². The first-order valence-electron chi connectivity index (χ1n) is 8.24. The second-order valence-electron chi connectivity index (χ2n) is 5.86. The van der Waals surface area contributed by atoms with Gasteiger partial charge >= 0.3 is 0 Å². The summed E-state index contributed by atoms with van der Waals surface area (Å²) in [7, 11) is 1.47. The smallest absolute Gasteiger partial charge is 0.270 e. The highest BCUT2D eigenvalue weighted by Gasteiger charge is 2.19. The number of carbonyl (C=O) groups is 1. The van der Waals surface area contributed by atoms with Crippen molar-refractivity contribution in [3.8, 4) is 5.69 Å². The molecule has 138 valence electrons. The van der Waals surface area contributed by atoms with Gasteiger partial charge in [0.05, 0.1) is 28.4 Å². The normalized spacial score (nSPS) is 11.6. The monoisotopic (exact) mass is 366 g/mol. The summed E-state index contributed by atoms with van der Waals surface area (Å²) in [5.41, 5.74) is 2.06. The van der Waals surface area contributed by atoms with Crippen LogP contribution in [0.5, 0.6) is 0 Å². The maximum Gasteiger partial charge on any atom is 0.270 e. The maximum absolute atomic E-state index is 12.1. The Morgan fingerprint density at radius 1 is 1.22 bits per heavy atom. The molecule has 0 bridgehead atoms. The van der Waals surface area contributed by atoms with Gasteiger partial charge in [0.25, 0.3) is 11.6 Å². The third-order valence-corrected chi connectivity index (χ3v) is 4.03. The van der Waals surface area contributed by atoms with E-state index in [1.807, 2.05) is 37.3 Å². The predicted octanol–water partition coefficient (Wildman–Crippen LogP) is 2.71. The van der Waals surface area contributed by atoms with Crippen LogP contribution in [-0.4, -0.2) is 32.9 Å². The number of amides is 1. The Hall–Kier alpha value is -3.75. The molecule has 1 unspecified atom stereocenters. The van der Waals surface area contributed by atoms with Crippen molar-refractivity contribution in [3.05, 3.63) is 76.1 Å². The molecule has 27 heavy (non-hydrogen) atoms. The fourth-order valence-electron chi connectivity index (χ4n) is 2.58. The molecule has 0 aliphatic rings. The molecule has 1 heterocycles. The Bertz CT molecular complexity index is 970. The van der Waals surface area contributed by atoms with Crippen LogP contribution in [0.3, 0.4) is 0 Å². The summed E-state index contributed by atoms with van der Waals surface area (Å²) >= 11 is 0. The van der Waals surface area contributed by atoms with Crippen LogP contribution < -0.4 is 10.6 Å². The highest BCUT2D eigenvalue weighted by Crippen LogP contribution is 2.26. The van der Waals surface area contributed by atoms with Crippen LogP contribution in [0.2, 0.25) is 0 Å². The number of anilines is 1. The molecule has 0 spiro atoms. The lowest BCUT2D eigenvalue weighted by atomic mass is 10.1. The van der Waals surface area contributed by atoms with Gasteiger partial charge in [-0.25, -0.2) is 4.68 Å². The first kappa shape index (κ1) is 18.1. The molecular formula is C18H18N6O3. The average molecular weight is 366 g/mol. The molecule has 0 aliphatic heterocycles. The highest BCUT2D eigenvalue weighted by atomic mass is 16.6. The second-order valence-corrected chi connectivity index (χ2v) is 5.86. The summed E-state index contributed by atoms with van der Waals surface area (Å²) in [5, 5.41) is 24.9.